The Hall–Kier alpha value is -2.41. The molecule has 1 aliphatic heterocycles. The summed E-state index contributed by atoms with van der Waals surface area (Å²) in [4.78, 5) is 19.8. The second kappa shape index (κ2) is 10.7. The van der Waals surface area contributed by atoms with E-state index < -0.39 is 11.9 Å². The molecule has 4 heteroatoms. The fourth-order valence-corrected chi connectivity index (χ4v) is 0.303. The molecule has 0 fully saturated rings. The van der Waals surface area contributed by atoms with Crippen LogP contribution >= 0.6 is 0 Å². The van der Waals surface area contributed by atoms with Gasteiger partial charge in [0.1, 0.15) is 0 Å². The summed E-state index contributed by atoms with van der Waals surface area (Å²) < 4.78 is 3.97. The fraction of sp³-hybridized carbons (Fsp3) is 0.0833. The van der Waals surface area contributed by atoms with Gasteiger partial charge >= 0.3 is 11.9 Å². The molecule has 0 aromatic rings. The molecule has 16 heavy (non-hydrogen) atoms. The van der Waals surface area contributed by atoms with Crippen LogP contribution in [-0.2, 0) is 14.3 Å². The first-order valence-corrected chi connectivity index (χ1v) is 4.20. The topological polar surface area (TPSA) is 67.2 Å². The van der Waals surface area contributed by atoms with Crippen molar-refractivity contribution >= 4 is 11.9 Å². The third-order valence-electron chi connectivity index (χ3n) is 0.996. The van der Waals surface area contributed by atoms with E-state index in [-0.39, 0.29) is 0 Å². The number of hydrogen-bond acceptors (Lipinski definition) is 4. The highest BCUT2D eigenvalue weighted by Gasteiger charge is 2.10. The highest BCUT2D eigenvalue weighted by molar-refractivity contribution is 6.04. The predicted molar refractivity (Wildman–Crippen MR) is 61.1 cm³/mol. The summed E-state index contributed by atoms with van der Waals surface area (Å²) in [5, 5.41) is 7.51. The number of carbonyl (C=O) groups excluding carboxylic acids is 2. The number of rotatable bonds is 1. The van der Waals surface area contributed by atoms with Gasteiger partial charge < -0.3 is 4.74 Å². The molecule has 0 amide bonds. The molecule has 1 rings (SSSR count). The summed E-state index contributed by atoms with van der Waals surface area (Å²) in [6, 6.07) is 1.69. The summed E-state index contributed by atoms with van der Waals surface area (Å²) in [6.45, 7) is 12.0. The molecule has 0 radical (unpaired) electrons. The van der Waals surface area contributed by atoms with E-state index in [9.17, 15) is 9.59 Å². The lowest BCUT2D eigenvalue weighted by Crippen LogP contribution is -1.96. The normalized spacial score (nSPS) is 10.8. The number of hydrogen-bond donors (Lipinski definition) is 0. The molecule has 0 bridgehead atoms. The van der Waals surface area contributed by atoms with E-state index in [4.69, 9.17) is 5.26 Å². The van der Waals surface area contributed by atoms with Crippen LogP contribution < -0.4 is 0 Å². The van der Waals surface area contributed by atoms with Gasteiger partial charge in [0.05, 0.1) is 6.07 Å². The molecule has 0 aromatic heterocycles. The fourth-order valence-electron chi connectivity index (χ4n) is 0.303. The Morgan fingerprint density at radius 3 is 1.75 bits per heavy atom. The van der Waals surface area contributed by atoms with Crippen molar-refractivity contribution in [3.8, 4) is 6.07 Å². The number of cyclic esters (lactones) is 2. The molecular weight excluding hydrogens is 206 g/mol. The van der Waals surface area contributed by atoms with Crippen molar-refractivity contribution in [3.05, 3.63) is 49.6 Å². The number of ether oxygens (including phenoxy) is 1. The standard InChI is InChI=1S/C5H8.C4H2O3.C3H3N/c1-4-5(2)3;5-3-1-2-4(6)7-3;1-2-3-4/h4H,1-2H2,3H3;1-2H;2H,1H2. The summed E-state index contributed by atoms with van der Waals surface area (Å²) in [7, 11) is 0. The monoisotopic (exact) mass is 219 g/mol. The van der Waals surface area contributed by atoms with Crippen LogP contribution in [0.2, 0.25) is 0 Å². The van der Waals surface area contributed by atoms with E-state index in [0.29, 0.717) is 0 Å². The minimum Gasteiger partial charge on any atom is -0.387 e. The van der Waals surface area contributed by atoms with Gasteiger partial charge in [0.15, 0.2) is 0 Å². The van der Waals surface area contributed by atoms with Gasteiger partial charge in [0.2, 0.25) is 0 Å². The van der Waals surface area contributed by atoms with E-state index in [0.717, 1.165) is 17.7 Å². The van der Waals surface area contributed by atoms with Gasteiger partial charge in [-0.15, -0.1) is 0 Å². The molecule has 84 valence electrons. The lowest BCUT2D eigenvalue weighted by atomic mass is 10.4. The van der Waals surface area contributed by atoms with Gasteiger partial charge in [-0.1, -0.05) is 31.4 Å². The maximum atomic E-state index is 9.92. The van der Waals surface area contributed by atoms with Gasteiger partial charge in [0.25, 0.3) is 0 Å². The summed E-state index contributed by atoms with van der Waals surface area (Å²) in [6.07, 6.45) is 5.07. The average molecular weight is 219 g/mol. The maximum Gasteiger partial charge on any atom is 0.338 e. The number of esters is 2. The van der Waals surface area contributed by atoms with Crippen LogP contribution in [0.4, 0.5) is 0 Å². The van der Waals surface area contributed by atoms with E-state index in [1.807, 2.05) is 6.92 Å². The number of carbonyl (C=O) groups is 2. The zero-order chi connectivity index (χ0) is 13.0. The van der Waals surface area contributed by atoms with Crippen LogP contribution in [0.1, 0.15) is 6.92 Å². The first kappa shape index (κ1) is 16.0. The zero-order valence-corrected chi connectivity index (χ0v) is 9.10. The van der Waals surface area contributed by atoms with Crippen molar-refractivity contribution in [2.75, 3.05) is 0 Å². The minimum absolute atomic E-state index is 0.579. The molecule has 0 aliphatic carbocycles. The minimum atomic E-state index is -0.579. The van der Waals surface area contributed by atoms with Crippen LogP contribution in [0.3, 0.4) is 0 Å². The van der Waals surface area contributed by atoms with Gasteiger partial charge in [-0.05, 0) is 6.92 Å². The van der Waals surface area contributed by atoms with E-state index >= 15 is 0 Å². The zero-order valence-electron chi connectivity index (χ0n) is 9.10. The summed E-state index contributed by atoms with van der Waals surface area (Å²) in [5.41, 5.74) is 1.02. The molecule has 0 N–H and O–H groups in total. The molecule has 1 aliphatic rings. The average Bonchev–Trinajstić information content (AvgIpc) is 2.63. The lowest BCUT2D eigenvalue weighted by Gasteiger charge is -1.80. The third-order valence-corrected chi connectivity index (χ3v) is 0.996. The molecule has 0 spiro atoms. The van der Waals surface area contributed by atoms with Crippen LogP contribution in [-0.4, -0.2) is 11.9 Å². The molecule has 0 saturated carbocycles. The second-order valence-corrected chi connectivity index (χ2v) is 2.46. The Morgan fingerprint density at radius 1 is 1.38 bits per heavy atom. The Balaban J connectivity index is 0. The second-order valence-electron chi connectivity index (χ2n) is 2.46. The highest BCUT2D eigenvalue weighted by atomic mass is 16.6. The van der Waals surface area contributed by atoms with Crippen LogP contribution in [0.15, 0.2) is 49.6 Å². The highest BCUT2D eigenvalue weighted by Crippen LogP contribution is 1.92. The SMILES string of the molecule is C=CC#N.C=CC(=C)C.O=C1C=CC(=O)O1. The van der Waals surface area contributed by atoms with Crippen molar-refractivity contribution in [1.29, 1.82) is 5.26 Å². The first-order valence-electron chi connectivity index (χ1n) is 4.20. The summed E-state index contributed by atoms with van der Waals surface area (Å²) >= 11 is 0. The molecule has 1 heterocycles. The van der Waals surface area contributed by atoms with Crippen molar-refractivity contribution in [1.82, 2.24) is 0 Å². The van der Waals surface area contributed by atoms with Crippen LogP contribution in [0.5, 0.6) is 0 Å². The number of nitrogens with zero attached hydrogens (tertiary/aromatic N) is 1. The van der Waals surface area contributed by atoms with Crippen molar-refractivity contribution in [2.45, 2.75) is 6.92 Å². The third kappa shape index (κ3) is 14.1. The lowest BCUT2D eigenvalue weighted by molar-refractivity contribution is -0.150. The van der Waals surface area contributed by atoms with Crippen molar-refractivity contribution in [3.63, 3.8) is 0 Å². The van der Waals surface area contributed by atoms with Gasteiger partial charge in [-0.25, -0.2) is 9.59 Å². The molecule has 0 aromatic carbocycles. The predicted octanol–water partition coefficient (Wildman–Crippen LogP) is 2.07. The van der Waals surface area contributed by atoms with E-state index in [2.05, 4.69) is 24.5 Å². The largest absolute Gasteiger partial charge is 0.387 e. The first-order chi connectivity index (χ1) is 7.47. The Morgan fingerprint density at radius 2 is 1.69 bits per heavy atom. The quantitative estimate of drug-likeness (QED) is 0.293. The summed E-state index contributed by atoms with van der Waals surface area (Å²) in [5.74, 6) is -1.16. The Labute approximate surface area is 94.8 Å². The van der Waals surface area contributed by atoms with Crippen molar-refractivity contribution < 1.29 is 14.3 Å². The molecule has 0 saturated heterocycles. The smallest absolute Gasteiger partial charge is 0.338 e. The van der Waals surface area contributed by atoms with Crippen LogP contribution in [0, 0.1) is 11.3 Å². The van der Waals surface area contributed by atoms with E-state index in [1.165, 1.54) is 6.08 Å². The van der Waals surface area contributed by atoms with Gasteiger partial charge in [-0.2, -0.15) is 5.26 Å². The number of allylic oxidation sites excluding steroid dienone is 3. The molecular formula is C12H13NO3. The Bertz CT molecular complexity index is 343. The van der Waals surface area contributed by atoms with E-state index in [1.54, 1.807) is 12.1 Å². The number of nitriles is 1. The molecule has 0 atom stereocenters. The van der Waals surface area contributed by atoms with Gasteiger partial charge in [0, 0.05) is 18.2 Å². The van der Waals surface area contributed by atoms with Crippen LogP contribution in [0.25, 0.3) is 0 Å². The molecule has 4 nitrogen and oxygen atoms in total. The Kier molecular flexibility index (Phi) is 10.7. The molecule has 0 unspecified atom stereocenters. The maximum absolute atomic E-state index is 9.92. The van der Waals surface area contributed by atoms with Crippen molar-refractivity contribution in [2.24, 2.45) is 0 Å². The van der Waals surface area contributed by atoms with Gasteiger partial charge in [-0.3, -0.25) is 0 Å².